The van der Waals surface area contributed by atoms with Crippen LogP contribution in [0, 0.1) is 5.82 Å². The molecule has 0 radical (unpaired) electrons. The molecule has 1 aromatic rings. The van der Waals surface area contributed by atoms with Crippen molar-refractivity contribution >= 4 is 5.69 Å². The molecule has 4 heteroatoms. The Balaban J connectivity index is 1.71. The standard InChI is InChI=1S/C17H24FN3/c1-20-14-4-5-15(20)10-17(9-14,11-19)21-7-6-12-2-3-13(18)8-16(12)21/h2-3,8,14-15H,4-7,9-11,19H2,1H3. The van der Waals surface area contributed by atoms with Crippen molar-refractivity contribution in [2.45, 2.75) is 49.7 Å². The van der Waals surface area contributed by atoms with Crippen molar-refractivity contribution in [1.29, 1.82) is 0 Å². The third kappa shape index (κ3) is 1.92. The summed E-state index contributed by atoms with van der Waals surface area (Å²) in [4.78, 5) is 4.97. The molecule has 2 atom stereocenters. The lowest BCUT2D eigenvalue weighted by Crippen LogP contribution is -2.61. The van der Waals surface area contributed by atoms with Gasteiger partial charge < -0.3 is 15.5 Å². The SMILES string of the molecule is CN1C2CCC1CC(CN)(N1CCc3ccc(F)cc31)C2. The number of nitrogens with two attached hydrogens (primary N) is 1. The molecule has 0 aromatic heterocycles. The topological polar surface area (TPSA) is 32.5 Å². The fourth-order valence-corrected chi connectivity index (χ4v) is 4.89. The minimum Gasteiger partial charge on any atom is -0.364 e. The molecular formula is C17H24FN3. The monoisotopic (exact) mass is 289 g/mol. The maximum absolute atomic E-state index is 13.7. The first kappa shape index (κ1) is 13.5. The molecule has 4 rings (SSSR count). The van der Waals surface area contributed by atoms with Crippen LogP contribution < -0.4 is 10.6 Å². The highest BCUT2D eigenvalue weighted by molar-refractivity contribution is 5.60. The van der Waals surface area contributed by atoms with Crippen LogP contribution >= 0.6 is 0 Å². The second-order valence-electron chi connectivity index (χ2n) is 7.06. The minimum atomic E-state index is -0.135. The van der Waals surface area contributed by atoms with Crippen LogP contribution in [0.15, 0.2) is 18.2 Å². The van der Waals surface area contributed by atoms with Crippen LogP contribution in [0.1, 0.15) is 31.2 Å². The zero-order valence-electron chi connectivity index (χ0n) is 12.7. The number of nitrogens with zero attached hydrogens (tertiary/aromatic N) is 2. The smallest absolute Gasteiger partial charge is 0.125 e. The van der Waals surface area contributed by atoms with E-state index in [-0.39, 0.29) is 11.4 Å². The van der Waals surface area contributed by atoms with Gasteiger partial charge >= 0.3 is 0 Å². The third-order valence-corrected chi connectivity index (χ3v) is 6.11. The van der Waals surface area contributed by atoms with E-state index in [9.17, 15) is 4.39 Å². The number of halogens is 1. The number of hydrogen-bond acceptors (Lipinski definition) is 3. The molecule has 3 nitrogen and oxygen atoms in total. The van der Waals surface area contributed by atoms with Crippen LogP contribution in [0.2, 0.25) is 0 Å². The van der Waals surface area contributed by atoms with E-state index in [0.717, 1.165) is 31.5 Å². The summed E-state index contributed by atoms with van der Waals surface area (Å²) in [5.74, 6) is -0.135. The first-order valence-corrected chi connectivity index (χ1v) is 8.11. The summed E-state index contributed by atoms with van der Waals surface area (Å²) in [6.07, 6.45) is 5.82. The fraction of sp³-hybridized carbons (Fsp3) is 0.647. The number of benzene rings is 1. The summed E-state index contributed by atoms with van der Waals surface area (Å²) in [5.41, 5.74) is 8.64. The van der Waals surface area contributed by atoms with Crippen LogP contribution in [-0.2, 0) is 6.42 Å². The van der Waals surface area contributed by atoms with Crippen molar-refractivity contribution in [2.75, 3.05) is 25.0 Å². The third-order valence-electron chi connectivity index (χ3n) is 6.11. The van der Waals surface area contributed by atoms with Crippen LogP contribution in [0.25, 0.3) is 0 Å². The minimum absolute atomic E-state index is 0.0252. The van der Waals surface area contributed by atoms with Gasteiger partial charge in [0.05, 0.1) is 5.54 Å². The van der Waals surface area contributed by atoms with Gasteiger partial charge in [-0.05, 0) is 56.8 Å². The molecule has 0 amide bonds. The summed E-state index contributed by atoms with van der Waals surface area (Å²) >= 11 is 0. The van der Waals surface area contributed by atoms with Crippen LogP contribution in [0.3, 0.4) is 0 Å². The van der Waals surface area contributed by atoms with Gasteiger partial charge in [-0.1, -0.05) is 6.07 Å². The van der Waals surface area contributed by atoms with Crippen LogP contribution in [0.5, 0.6) is 0 Å². The summed E-state index contributed by atoms with van der Waals surface area (Å²) in [6, 6.07) is 6.52. The normalized spacial score (nSPS) is 35.3. The Labute approximate surface area is 125 Å². The van der Waals surface area contributed by atoms with Gasteiger partial charge in [-0.25, -0.2) is 4.39 Å². The average Bonchev–Trinajstić information content (AvgIpc) is 2.97. The average molecular weight is 289 g/mol. The highest BCUT2D eigenvalue weighted by Gasteiger charge is 2.50. The van der Waals surface area contributed by atoms with Crippen molar-refractivity contribution in [3.05, 3.63) is 29.6 Å². The highest BCUT2D eigenvalue weighted by Crippen LogP contribution is 2.46. The molecule has 3 aliphatic rings. The maximum atomic E-state index is 13.7. The molecule has 0 spiro atoms. The fourth-order valence-electron chi connectivity index (χ4n) is 4.89. The molecule has 2 N–H and O–H groups in total. The van der Waals surface area contributed by atoms with E-state index in [2.05, 4.69) is 16.8 Å². The Kier molecular flexibility index (Phi) is 3.02. The summed E-state index contributed by atoms with van der Waals surface area (Å²) in [7, 11) is 2.25. The van der Waals surface area contributed by atoms with Gasteiger partial charge in [-0.15, -0.1) is 0 Å². The maximum Gasteiger partial charge on any atom is 0.125 e. The number of rotatable bonds is 2. The van der Waals surface area contributed by atoms with E-state index < -0.39 is 0 Å². The lowest BCUT2D eigenvalue weighted by Gasteiger charge is -2.51. The van der Waals surface area contributed by atoms with Crippen LogP contribution in [-0.4, -0.2) is 42.7 Å². The molecule has 114 valence electrons. The molecule has 2 saturated heterocycles. The lowest BCUT2D eigenvalue weighted by atomic mass is 9.81. The second kappa shape index (κ2) is 4.68. The Bertz CT molecular complexity index is 545. The van der Waals surface area contributed by atoms with Gasteiger partial charge in [-0.3, -0.25) is 0 Å². The van der Waals surface area contributed by atoms with Gasteiger partial charge in [0.1, 0.15) is 5.82 Å². The van der Waals surface area contributed by atoms with Gasteiger partial charge in [0, 0.05) is 30.9 Å². The predicted octanol–water partition coefficient (Wildman–Crippen LogP) is 2.14. The lowest BCUT2D eigenvalue weighted by molar-refractivity contribution is 0.112. The van der Waals surface area contributed by atoms with Crippen molar-refractivity contribution in [3.8, 4) is 0 Å². The van der Waals surface area contributed by atoms with E-state index in [4.69, 9.17) is 5.73 Å². The molecule has 1 aromatic carbocycles. The Morgan fingerprint density at radius 1 is 1.29 bits per heavy atom. The Hall–Kier alpha value is -1.13. The molecule has 0 aliphatic carbocycles. The molecule has 21 heavy (non-hydrogen) atoms. The van der Waals surface area contributed by atoms with Crippen molar-refractivity contribution in [1.82, 2.24) is 4.90 Å². The largest absolute Gasteiger partial charge is 0.364 e. The molecule has 2 fully saturated rings. The molecule has 2 unspecified atom stereocenters. The van der Waals surface area contributed by atoms with Gasteiger partial charge in [0.25, 0.3) is 0 Å². The van der Waals surface area contributed by atoms with Crippen LogP contribution in [0.4, 0.5) is 10.1 Å². The summed E-state index contributed by atoms with van der Waals surface area (Å²) < 4.78 is 13.7. The van der Waals surface area contributed by atoms with Crippen molar-refractivity contribution < 1.29 is 4.39 Å². The van der Waals surface area contributed by atoms with E-state index in [1.165, 1.54) is 18.4 Å². The van der Waals surface area contributed by atoms with E-state index in [1.54, 1.807) is 12.1 Å². The first-order chi connectivity index (χ1) is 10.1. The molecule has 3 heterocycles. The van der Waals surface area contributed by atoms with E-state index in [0.29, 0.717) is 18.6 Å². The number of hydrogen-bond donors (Lipinski definition) is 1. The zero-order chi connectivity index (χ0) is 14.6. The quantitative estimate of drug-likeness (QED) is 0.905. The van der Waals surface area contributed by atoms with Gasteiger partial charge in [-0.2, -0.15) is 0 Å². The molecule has 3 aliphatic heterocycles. The Morgan fingerprint density at radius 2 is 2.00 bits per heavy atom. The van der Waals surface area contributed by atoms with E-state index >= 15 is 0 Å². The number of piperidine rings is 1. The first-order valence-electron chi connectivity index (χ1n) is 8.11. The predicted molar refractivity (Wildman–Crippen MR) is 83.0 cm³/mol. The zero-order valence-corrected chi connectivity index (χ0v) is 12.7. The number of fused-ring (bicyclic) bond motifs is 3. The van der Waals surface area contributed by atoms with Gasteiger partial charge in [0.2, 0.25) is 0 Å². The second-order valence-corrected chi connectivity index (χ2v) is 7.06. The summed E-state index contributed by atoms with van der Waals surface area (Å²) in [5, 5.41) is 0. The molecule has 2 bridgehead atoms. The summed E-state index contributed by atoms with van der Waals surface area (Å²) in [6.45, 7) is 1.66. The highest BCUT2D eigenvalue weighted by atomic mass is 19.1. The van der Waals surface area contributed by atoms with E-state index in [1.807, 2.05) is 6.07 Å². The van der Waals surface area contributed by atoms with Crippen molar-refractivity contribution in [3.63, 3.8) is 0 Å². The van der Waals surface area contributed by atoms with Crippen molar-refractivity contribution in [2.24, 2.45) is 5.73 Å². The molecule has 0 saturated carbocycles. The van der Waals surface area contributed by atoms with Gasteiger partial charge in [0.15, 0.2) is 0 Å². The Morgan fingerprint density at radius 3 is 2.67 bits per heavy atom. The number of anilines is 1. The molecular weight excluding hydrogens is 265 g/mol.